The lowest BCUT2D eigenvalue weighted by Crippen LogP contribution is -2.05. The standard InChI is InChI=1S/C10H14N6S/c1-6(2)9-15-10(17-16-9)13-5-8-12-4-3-7(11)14-8/h3-4,6H,5H2,1-2H3,(H2,11,12,14)(H,13,15,16). The largest absolute Gasteiger partial charge is 0.384 e. The van der Waals surface area contributed by atoms with Crippen LogP contribution >= 0.6 is 11.5 Å². The molecular weight excluding hydrogens is 236 g/mol. The first kappa shape index (κ1) is 11.7. The number of nitrogens with zero attached hydrogens (tertiary/aromatic N) is 4. The molecule has 2 aromatic heterocycles. The monoisotopic (exact) mass is 250 g/mol. The van der Waals surface area contributed by atoms with Crippen molar-refractivity contribution in [2.45, 2.75) is 26.3 Å². The summed E-state index contributed by atoms with van der Waals surface area (Å²) in [5.41, 5.74) is 5.57. The molecule has 0 unspecified atom stereocenters. The molecule has 0 aliphatic heterocycles. The van der Waals surface area contributed by atoms with Crippen LogP contribution in [0.4, 0.5) is 10.9 Å². The van der Waals surface area contributed by atoms with Crippen LogP contribution in [0.3, 0.4) is 0 Å². The molecule has 0 fully saturated rings. The number of hydrogen-bond acceptors (Lipinski definition) is 7. The van der Waals surface area contributed by atoms with Gasteiger partial charge in [0, 0.05) is 23.6 Å². The van der Waals surface area contributed by atoms with Crippen LogP contribution in [0.5, 0.6) is 0 Å². The van der Waals surface area contributed by atoms with Crippen LogP contribution in [0.1, 0.15) is 31.4 Å². The lowest BCUT2D eigenvalue weighted by molar-refractivity contribution is 0.798. The predicted octanol–water partition coefficient (Wildman–Crippen LogP) is 1.65. The lowest BCUT2D eigenvalue weighted by Gasteiger charge is -2.01. The Kier molecular flexibility index (Phi) is 3.48. The number of aromatic nitrogens is 4. The van der Waals surface area contributed by atoms with Crippen molar-refractivity contribution >= 4 is 22.5 Å². The van der Waals surface area contributed by atoms with Crippen molar-refractivity contribution < 1.29 is 0 Å². The van der Waals surface area contributed by atoms with Crippen LogP contribution in [0.2, 0.25) is 0 Å². The van der Waals surface area contributed by atoms with Gasteiger partial charge >= 0.3 is 0 Å². The van der Waals surface area contributed by atoms with Gasteiger partial charge in [0.15, 0.2) is 0 Å². The Morgan fingerprint density at radius 3 is 2.88 bits per heavy atom. The highest BCUT2D eigenvalue weighted by atomic mass is 32.1. The van der Waals surface area contributed by atoms with E-state index in [1.807, 2.05) is 0 Å². The van der Waals surface area contributed by atoms with Gasteiger partial charge < -0.3 is 11.1 Å². The van der Waals surface area contributed by atoms with Crippen LogP contribution in [0, 0.1) is 0 Å². The smallest absolute Gasteiger partial charge is 0.202 e. The van der Waals surface area contributed by atoms with E-state index in [1.54, 1.807) is 12.3 Å². The minimum absolute atomic E-state index is 0.338. The molecule has 3 N–H and O–H groups in total. The van der Waals surface area contributed by atoms with Crippen molar-refractivity contribution in [3.63, 3.8) is 0 Å². The summed E-state index contributed by atoms with van der Waals surface area (Å²) < 4.78 is 4.25. The summed E-state index contributed by atoms with van der Waals surface area (Å²) in [7, 11) is 0. The first-order valence-corrected chi connectivity index (χ1v) is 6.07. The van der Waals surface area contributed by atoms with Gasteiger partial charge in [0.2, 0.25) is 5.13 Å². The average molecular weight is 250 g/mol. The van der Waals surface area contributed by atoms with Crippen molar-refractivity contribution in [3.8, 4) is 0 Å². The van der Waals surface area contributed by atoms with Gasteiger partial charge in [0.05, 0.1) is 6.54 Å². The summed E-state index contributed by atoms with van der Waals surface area (Å²) >= 11 is 1.34. The number of anilines is 2. The molecule has 0 saturated carbocycles. The summed E-state index contributed by atoms with van der Waals surface area (Å²) in [5.74, 6) is 2.31. The SMILES string of the molecule is CC(C)c1nsc(NCc2nccc(N)n2)n1. The van der Waals surface area contributed by atoms with Crippen LogP contribution in [-0.4, -0.2) is 19.3 Å². The zero-order valence-electron chi connectivity index (χ0n) is 9.71. The van der Waals surface area contributed by atoms with E-state index in [1.165, 1.54) is 11.5 Å². The molecule has 2 rings (SSSR count). The minimum atomic E-state index is 0.338. The summed E-state index contributed by atoms with van der Waals surface area (Å²) in [6.45, 7) is 4.62. The summed E-state index contributed by atoms with van der Waals surface area (Å²) in [6, 6.07) is 1.66. The lowest BCUT2D eigenvalue weighted by atomic mass is 10.2. The molecule has 90 valence electrons. The third kappa shape index (κ3) is 3.10. The van der Waals surface area contributed by atoms with Crippen molar-refractivity contribution in [2.75, 3.05) is 11.1 Å². The van der Waals surface area contributed by atoms with E-state index in [2.05, 4.69) is 38.5 Å². The molecule has 7 heteroatoms. The second-order valence-electron chi connectivity index (χ2n) is 3.86. The molecular formula is C10H14N6S. The zero-order valence-corrected chi connectivity index (χ0v) is 10.5. The van der Waals surface area contributed by atoms with Crippen LogP contribution in [0.15, 0.2) is 12.3 Å². The molecule has 0 aromatic carbocycles. The summed E-state index contributed by atoms with van der Waals surface area (Å²) in [4.78, 5) is 12.5. The van der Waals surface area contributed by atoms with Gasteiger partial charge in [-0.25, -0.2) is 15.0 Å². The maximum Gasteiger partial charge on any atom is 0.202 e. The van der Waals surface area contributed by atoms with Gasteiger partial charge in [-0.3, -0.25) is 0 Å². The molecule has 0 spiro atoms. The molecule has 0 aliphatic carbocycles. The van der Waals surface area contributed by atoms with Gasteiger partial charge in [-0.05, 0) is 6.07 Å². The molecule has 0 atom stereocenters. The van der Waals surface area contributed by atoms with E-state index in [0.29, 0.717) is 24.1 Å². The van der Waals surface area contributed by atoms with E-state index < -0.39 is 0 Å². The molecule has 2 aromatic rings. The average Bonchev–Trinajstić information content (AvgIpc) is 2.75. The highest BCUT2D eigenvalue weighted by Gasteiger charge is 2.07. The Morgan fingerprint density at radius 1 is 1.41 bits per heavy atom. The molecule has 2 heterocycles. The fourth-order valence-corrected chi connectivity index (χ4v) is 1.90. The second kappa shape index (κ2) is 5.05. The predicted molar refractivity (Wildman–Crippen MR) is 67.8 cm³/mol. The van der Waals surface area contributed by atoms with Gasteiger partial charge in [-0.1, -0.05) is 13.8 Å². The number of nitrogens with two attached hydrogens (primary N) is 1. The number of nitrogens with one attached hydrogen (secondary N) is 1. The first-order chi connectivity index (χ1) is 8.15. The minimum Gasteiger partial charge on any atom is -0.384 e. The van der Waals surface area contributed by atoms with Crippen molar-refractivity contribution in [1.29, 1.82) is 0 Å². The second-order valence-corrected chi connectivity index (χ2v) is 4.62. The number of nitrogen functional groups attached to an aromatic ring is 1. The quantitative estimate of drug-likeness (QED) is 0.857. The summed E-state index contributed by atoms with van der Waals surface area (Å²) in [5, 5.41) is 3.91. The normalized spacial score (nSPS) is 10.8. The molecule has 0 radical (unpaired) electrons. The fourth-order valence-electron chi connectivity index (χ4n) is 1.20. The summed E-state index contributed by atoms with van der Waals surface area (Å²) in [6.07, 6.45) is 1.64. The maximum absolute atomic E-state index is 5.57. The van der Waals surface area contributed by atoms with Gasteiger partial charge in [-0.15, -0.1) is 0 Å². The molecule has 0 bridgehead atoms. The van der Waals surface area contributed by atoms with Gasteiger partial charge in [0.25, 0.3) is 0 Å². The third-order valence-corrected chi connectivity index (χ3v) is 2.77. The van der Waals surface area contributed by atoms with E-state index in [9.17, 15) is 0 Å². The van der Waals surface area contributed by atoms with Gasteiger partial charge in [0.1, 0.15) is 17.5 Å². The Balaban J connectivity index is 1.97. The van der Waals surface area contributed by atoms with Crippen molar-refractivity contribution in [1.82, 2.24) is 19.3 Å². The van der Waals surface area contributed by atoms with Crippen molar-refractivity contribution in [3.05, 3.63) is 23.9 Å². The zero-order chi connectivity index (χ0) is 12.3. The van der Waals surface area contributed by atoms with E-state index in [0.717, 1.165) is 11.0 Å². The molecule has 0 saturated heterocycles. The Morgan fingerprint density at radius 2 is 2.24 bits per heavy atom. The topological polar surface area (TPSA) is 89.6 Å². The molecule has 6 nitrogen and oxygen atoms in total. The Labute approximate surface area is 103 Å². The third-order valence-electron chi connectivity index (χ3n) is 2.08. The molecule has 17 heavy (non-hydrogen) atoms. The highest BCUT2D eigenvalue weighted by Crippen LogP contribution is 2.17. The van der Waals surface area contributed by atoms with E-state index in [4.69, 9.17) is 5.73 Å². The van der Waals surface area contributed by atoms with Crippen molar-refractivity contribution in [2.24, 2.45) is 0 Å². The highest BCUT2D eigenvalue weighted by molar-refractivity contribution is 7.09. The molecule has 0 amide bonds. The molecule has 0 aliphatic rings. The first-order valence-electron chi connectivity index (χ1n) is 5.30. The van der Waals surface area contributed by atoms with Gasteiger partial charge in [-0.2, -0.15) is 4.37 Å². The van der Waals surface area contributed by atoms with E-state index in [-0.39, 0.29) is 0 Å². The van der Waals surface area contributed by atoms with E-state index >= 15 is 0 Å². The number of rotatable bonds is 4. The maximum atomic E-state index is 5.57. The van der Waals surface area contributed by atoms with Crippen LogP contribution in [-0.2, 0) is 6.54 Å². The Hall–Kier alpha value is -1.76. The van der Waals surface area contributed by atoms with Crippen LogP contribution < -0.4 is 11.1 Å². The van der Waals surface area contributed by atoms with Crippen LogP contribution in [0.25, 0.3) is 0 Å². The Bertz CT molecular complexity index is 495. The number of hydrogen-bond donors (Lipinski definition) is 2. The fraction of sp³-hybridized carbons (Fsp3) is 0.400.